The van der Waals surface area contributed by atoms with Crippen LogP contribution in [-0.2, 0) is 16.5 Å². The topological polar surface area (TPSA) is 54.4 Å². The second kappa shape index (κ2) is 7.45. The van der Waals surface area contributed by atoms with Gasteiger partial charge in [-0.05, 0) is 18.1 Å². The van der Waals surface area contributed by atoms with Gasteiger partial charge in [-0.3, -0.25) is 4.55 Å². The van der Waals surface area contributed by atoms with Gasteiger partial charge in [0.25, 0.3) is 0 Å². The Morgan fingerprint density at radius 2 is 1.62 bits per heavy atom. The lowest BCUT2D eigenvalue weighted by Crippen LogP contribution is -2.21. The number of benzene rings is 2. The third-order valence-corrected chi connectivity index (χ3v) is 5.26. The Morgan fingerprint density at radius 1 is 1.04 bits per heavy atom. The Morgan fingerprint density at radius 3 is 2.15 bits per heavy atom. The van der Waals surface area contributed by atoms with Crippen LogP contribution in [0.3, 0.4) is 0 Å². The highest BCUT2D eigenvalue weighted by Crippen LogP contribution is 2.37. The molecular weight excluding hydrogens is 399 g/mol. The van der Waals surface area contributed by atoms with Crippen molar-refractivity contribution < 1.29 is 34.9 Å². The highest BCUT2D eigenvalue weighted by Gasteiger charge is 2.44. The molecule has 1 aromatic heterocycles. The molecule has 0 aliphatic rings. The lowest BCUT2D eigenvalue weighted by Gasteiger charge is -2.01. The molecule has 0 saturated carbocycles. The van der Waals surface area contributed by atoms with E-state index in [1.165, 1.54) is 17.4 Å². The van der Waals surface area contributed by atoms with Crippen LogP contribution < -0.4 is 0 Å². The Labute approximate surface area is 149 Å². The first-order valence-electron chi connectivity index (χ1n) is 7.29. The molecule has 0 aliphatic heterocycles. The molecule has 1 N–H and O–H groups in total. The molecule has 26 heavy (non-hydrogen) atoms. The van der Waals surface area contributed by atoms with Gasteiger partial charge >= 0.3 is 15.6 Å². The van der Waals surface area contributed by atoms with Gasteiger partial charge in [-0.25, -0.2) is 8.78 Å². The third-order valence-electron chi connectivity index (χ3n) is 3.45. The molecule has 0 aliphatic carbocycles. The van der Waals surface area contributed by atoms with Gasteiger partial charge in [0.1, 0.15) is 11.6 Å². The number of aryl methyl sites for hydroxylation is 1. The summed E-state index contributed by atoms with van der Waals surface area (Å²) < 4.78 is 86.7. The fraction of sp³-hybridized carbons (Fsp3) is 0.250. The summed E-state index contributed by atoms with van der Waals surface area (Å²) in [4.78, 5) is 0. The first-order chi connectivity index (χ1) is 12.0. The Kier molecular flexibility index (Phi) is 5.89. The number of thiophene rings is 1. The quantitative estimate of drug-likeness (QED) is 0.335. The summed E-state index contributed by atoms with van der Waals surface area (Å²) in [6.45, 7) is 2.02. The Balaban J connectivity index is 0.000000260. The Bertz CT molecular complexity index is 1040. The fourth-order valence-electron chi connectivity index (χ4n) is 2.30. The maximum atomic E-state index is 14.3. The maximum Gasteiger partial charge on any atom is 0.522 e. The number of alkyl halides is 3. The standard InChI is InChI=1S/C15H12F2S.CHF3O3S/c1-2-4-9-7-8-11-10-5-3-6-12(16)14(10)18-15(11)13(9)17;2-1(3,4)8(5,6)7/h3,5-8H,2,4H2,1H3;(H,5,6,7). The van der Waals surface area contributed by atoms with Gasteiger partial charge in [0, 0.05) is 10.8 Å². The van der Waals surface area contributed by atoms with Crippen LogP contribution in [0.5, 0.6) is 0 Å². The average molecular weight is 412 g/mol. The Hall–Kier alpha value is -1.78. The van der Waals surface area contributed by atoms with E-state index in [1.54, 1.807) is 6.07 Å². The minimum Gasteiger partial charge on any atom is -0.279 e. The minimum absolute atomic E-state index is 0.185. The summed E-state index contributed by atoms with van der Waals surface area (Å²) in [5, 5.41) is 1.61. The zero-order chi connectivity index (χ0) is 19.7. The van der Waals surface area contributed by atoms with Gasteiger partial charge < -0.3 is 0 Å². The number of hydrogen-bond acceptors (Lipinski definition) is 3. The van der Waals surface area contributed by atoms with Crippen molar-refractivity contribution in [3.63, 3.8) is 0 Å². The first-order valence-corrected chi connectivity index (χ1v) is 9.55. The molecule has 1 heterocycles. The van der Waals surface area contributed by atoms with Crippen LogP contribution in [0.25, 0.3) is 20.2 Å². The number of hydrogen-bond donors (Lipinski definition) is 1. The van der Waals surface area contributed by atoms with Crippen LogP contribution in [-0.4, -0.2) is 18.5 Å². The zero-order valence-electron chi connectivity index (χ0n) is 13.3. The molecule has 0 amide bonds. The molecule has 0 unspecified atom stereocenters. The molecule has 3 rings (SSSR count). The summed E-state index contributed by atoms with van der Waals surface area (Å²) >= 11 is 1.20. The van der Waals surface area contributed by atoms with Crippen molar-refractivity contribution in [2.45, 2.75) is 25.3 Å². The molecule has 142 valence electrons. The maximum absolute atomic E-state index is 14.3. The summed E-state index contributed by atoms with van der Waals surface area (Å²) in [5.41, 5.74) is -4.82. The lowest BCUT2D eigenvalue weighted by atomic mass is 10.1. The molecule has 10 heteroatoms. The largest absolute Gasteiger partial charge is 0.522 e. The molecule has 0 saturated heterocycles. The van der Waals surface area contributed by atoms with E-state index in [4.69, 9.17) is 13.0 Å². The van der Waals surface area contributed by atoms with Gasteiger partial charge in [0.05, 0.1) is 9.40 Å². The number of rotatable bonds is 2. The van der Waals surface area contributed by atoms with Gasteiger partial charge in [-0.2, -0.15) is 21.6 Å². The van der Waals surface area contributed by atoms with Crippen molar-refractivity contribution in [1.82, 2.24) is 0 Å². The molecule has 0 fully saturated rings. The average Bonchev–Trinajstić information content (AvgIpc) is 2.90. The van der Waals surface area contributed by atoms with Gasteiger partial charge in [-0.1, -0.05) is 37.6 Å². The second-order valence-corrected chi connectivity index (χ2v) is 7.74. The normalized spacial score (nSPS) is 12.3. The van der Waals surface area contributed by atoms with E-state index in [1.807, 2.05) is 25.1 Å². The lowest BCUT2D eigenvalue weighted by molar-refractivity contribution is -0.0510. The molecule has 0 radical (unpaired) electrons. The van der Waals surface area contributed by atoms with Crippen LogP contribution in [0.15, 0.2) is 30.3 Å². The SMILES string of the molecule is CCCc1ccc2c(sc3c(F)cccc32)c1F.O=S(=O)(O)C(F)(F)F. The summed E-state index contributed by atoms with van der Waals surface area (Å²) in [6, 6.07) is 8.65. The van der Waals surface area contributed by atoms with Crippen LogP contribution in [0.2, 0.25) is 0 Å². The van der Waals surface area contributed by atoms with Crippen LogP contribution >= 0.6 is 11.3 Å². The van der Waals surface area contributed by atoms with Crippen molar-refractivity contribution in [3.8, 4) is 0 Å². The van der Waals surface area contributed by atoms with Crippen molar-refractivity contribution in [1.29, 1.82) is 0 Å². The molecule has 3 nitrogen and oxygen atoms in total. The van der Waals surface area contributed by atoms with E-state index < -0.39 is 15.6 Å². The summed E-state index contributed by atoms with van der Waals surface area (Å²) in [5.74, 6) is -0.458. The van der Waals surface area contributed by atoms with Gasteiger partial charge in [0.2, 0.25) is 0 Å². The molecule has 2 aromatic carbocycles. The van der Waals surface area contributed by atoms with Crippen molar-refractivity contribution in [3.05, 3.63) is 47.5 Å². The van der Waals surface area contributed by atoms with Gasteiger partial charge in [0.15, 0.2) is 0 Å². The van der Waals surface area contributed by atoms with Crippen molar-refractivity contribution in [2.24, 2.45) is 0 Å². The van der Waals surface area contributed by atoms with Gasteiger partial charge in [-0.15, -0.1) is 11.3 Å². The predicted octanol–water partition coefficient (Wildman–Crippen LogP) is 5.68. The molecule has 0 spiro atoms. The van der Waals surface area contributed by atoms with E-state index in [0.717, 1.165) is 29.2 Å². The van der Waals surface area contributed by atoms with E-state index in [-0.39, 0.29) is 11.6 Å². The van der Waals surface area contributed by atoms with E-state index in [0.29, 0.717) is 9.40 Å². The summed E-state index contributed by atoms with van der Waals surface area (Å²) in [6.07, 6.45) is 1.63. The zero-order valence-corrected chi connectivity index (χ0v) is 14.9. The van der Waals surface area contributed by atoms with Crippen LogP contribution in [0, 0.1) is 11.6 Å². The number of fused-ring (bicyclic) bond motifs is 3. The second-order valence-electron chi connectivity index (χ2n) is 5.30. The fourth-order valence-corrected chi connectivity index (χ4v) is 3.46. The highest BCUT2D eigenvalue weighted by atomic mass is 32.2. The van der Waals surface area contributed by atoms with Crippen molar-refractivity contribution >= 4 is 41.6 Å². The van der Waals surface area contributed by atoms with Crippen LogP contribution in [0.1, 0.15) is 18.9 Å². The monoisotopic (exact) mass is 412 g/mol. The van der Waals surface area contributed by atoms with Crippen LogP contribution in [0.4, 0.5) is 22.0 Å². The van der Waals surface area contributed by atoms with Crippen molar-refractivity contribution in [2.75, 3.05) is 0 Å². The minimum atomic E-state index is -5.84. The van der Waals surface area contributed by atoms with E-state index in [9.17, 15) is 22.0 Å². The smallest absolute Gasteiger partial charge is 0.279 e. The van der Waals surface area contributed by atoms with E-state index in [2.05, 4.69) is 0 Å². The summed E-state index contributed by atoms with van der Waals surface area (Å²) in [7, 11) is -5.84. The molecule has 0 atom stereocenters. The number of halogens is 5. The first kappa shape index (κ1) is 20.5. The van der Waals surface area contributed by atoms with E-state index >= 15 is 0 Å². The highest BCUT2D eigenvalue weighted by molar-refractivity contribution is 7.86. The third kappa shape index (κ3) is 4.13. The molecule has 3 aromatic rings. The molecular formula is C16H13F5O3S2. The predicted molar refractivity (Wildman–Crippen MR) is 90.8 cm³/mol. The molecule has 0 bridgehead atoms.